The van der Waals surface area contributed by atoms with Gasteiger partial charge in [0.2, 0.25) is 5.91 Å². The molecule has 1 saturated heterocycles. The highest BCUT2D eigenvalue weighted by molar-refractivity contribution is 6.30. The number of carbonyl (C=O) groups excluding carboxylic acids is 2. The van der Waals surface area contributed by atoms with Crippen LogP contribution in [0.5, 0.6) is 11.5 Å². The molecule has 3 aromatic rings. The van der Waals surface area contributed by atoms with E-state index < -0.39 is 12.2 Å². The van der Waals surface area contributed by atoms with Crippen molar-refractivity contribution in [2.24, 2.45) is 5.92 Å². The van der Waals surface area contributed by atoms with Crippen molar-refractivity contribution in [1.82, 2.24) is 14.5 Å². The second-order valence-corrected chi connectivity index (χ2v) is 11.9. The zero-order valence-corrected chi connectivity index (χ0v) is 27.0. The highest BCUT2D eigenvalue weighted by Crippen LogP contribution is 2.47. The van der Waals surface area contributed by atoms with E-state index in [1.165, 1.54) is 0 Å². The number of aryl methyl sites for hydroxylation is 1. The van der Waals surface area contributed by atoms with E-state index in [1.807, 2.05) is 62.1 Å². The zero-order valence-electron chi connectivity index (χ0n) is 26.2. The number of piperidine rings is 1. The average molecular weight is 624 g/mol. The van der Waals surface area contributed by atoms with Crippen LogP contribution in [0, 0.1) is 19.8 Å². The smallest absolute Gasteiger partial charge is 0.305 e. The highest BCUT2D eigenvalue weighted by Gasteiger charge is 2.36. The maximum absolute atomic E-state index is 13.5. The number of imidazole rings is 1. The molecule has 2 aliphatic rings. The number of ether oxygens (including phenoxy) is 4. The van der Waals surface area contributed by atoms with Crippen LogP contribution in [-0.2, 0) is 19.1 Å². The Balaban J connectivity index is 1.39. The predicted molar refractivity (Wildman–Crippen MR) is 168 cm³/mol. The number of hydrogen-bond acceptors (Lipinski definition) is 7. The molecule has 0 bridgehead atoms. The van der Waals surface area contributed by atoms with Crippen LogP contribution in [0.4, 0.5) is 0 Å². The number of nitrogens with zero attached hydrogens (tertiary/aromatic N) is 3. The third-order valence-electron chi connectivity index (χ3n) is 8.84. The molecule has 0 N–H and O–H groups in total. The number of hydrogen-bond donors (Lipinski definition) is 0. The summed E-state index contributed by atoms with van der Waals surface area (Å²) < 4.78 is 25.6. The molecule has 2 atom stereocenters. The van der Waals surface area contributed by atoms with Crippen LogP contribution < -0.4 is 9.47 Å². The molecule has 0 radical (unpaired) electrons. The van der Waals surface area contributed by atoms with E-state index in [0.29, 0.717) is 61.4 Å². The molecule has 0 unspecified atom stereocenters. The van der Waals surface area contributed by atoms with E-state index >= 15 is 0 Å². The molecular weight excluding hydrogens is 582 g/mol. The molecule has 9 nitrogen and oxygen atoms in total. The molecule has 0 spiro atoms. The number of fused-ring (bicyclic) bond motifs is 3. The van der Waals surface area contributed by atoms with Crippen LogP contribution in [0.2, 0.25) is 5.02 Å². The summed E-state index contributed by atoms with van der Waals surface area (Å²) >= 11 is 6.56. The van der Waals surface area contributed by atoms with Gasteiger partial charge in [0, 0.05) is 47.8 Å². The number of methoxy groups -OCH3 is 2. The van der Waals surface area contributed by atoms with Crippen molar-refractivity contribution < 1.29 is 28.5 Å². The molecule has 2 aromatic carbocycles. The van der Waals surface area contributed by atoms with Gasteiger partial charge in [-0.25, -0.2) is 4.98 Å². The molecule has 5 rings (SSSR count). The van der Waals surface area contributed by atoms with Gasteiger partial charge in [0.15, 0.2) is 11.5 Å². The molecule has 1 aromatic heterocycles. The SMILES string of the molecule is CCOC(=O)CCC1CCN(C(=O)CC[C@@H]2O[C@@H](c3cccc(OC)c3OC)c3cc(Cl)ccc3-n3c2nc(C)c3C)CC1. The molecule has 2 aliphatic heterocycles. The Morgan fingerprint density at radius 2 is 1.80 bits per heavy atom. The Hall–Kier alpha value is -3.56. The zero-order chi connectivity index (χ0) is 31.4. The first-order valence-electron chi connectivity index (χ1n) is 15.4. The van der Waals surface area contributed by atoms with Crippen molar-refractivity contribution >= 4 is 23.5 Å². The summed E-state index contributed by atoms with van der Waals surface area (Å²) in [5.41, 5.74) is 4.52. The maximum Gasteiger partial charge on any atom is 0.305 e. The number of aromatic nitrogens is 2. The minimum Gasteiger partial charge on any atom is -0.493 e. The quantitative estimate of drug-likeness (QED) is 0.233. The number of carbonyl (C=O) groups is 2. The Morgan fingerprint density at radius 3 is 2.50 bits per heavy atom. The Bertz CT molecular complexity index is 1500. The first kappa shape index (κ1) is 31.9. The van der Waals surface area contributed by atoms with Crippen LogP contribution in [0.1, 0.15) is 86.0 Å². The number of halogens is 1. The minimum absolute atomic E-state index is 0.101. The number of amides is 1. The number of benzene rings is 2. The van der Waals surface area contributed by atoms with E-state index in [0.717, 1.165) is 53.3 Å². The molecule has 236 valence electrons. The van der Waals surface area contributed by atoms with E-state index in [2.05, 4.69) is 4.57 Å². The van der Waals surface area contributed by atoms with Crippen LogP contribution in [-0.4, -0.2) is 60.2 Å². The number of rotatable bonds is 10. The Labute approximate surface area is 264 Å². The van der Waals surface area contributed by atoms with Gasteiger partial charge in [-0.05, 0) is 76.6 Å². The van der Waals surface area contributed by atoms with Gasteiger partial charge in [0.1, 0.15) is 18.0 Å². The monoisotopic (exact) mass is 623 g/mol. The molecule has 1 amide bonds. The van der Waals surface area contributed by atoms with Gasteiger partial charge in [0.05, 0.1) is 32.2 Å². The lowest BCUT2D eigenvalue weighted by atomic mass is 9.92. The summed E-state index contributed by atoms with van der Waals surface area (Å²) in [4.78, 5) is 32.2. The molecule has 0 saturated carbocycles. The Morgan fingerprint density at radius 1 is 1.02 bits per heavy atom. The molecule has 44 heavy (non-hydrogen) atoms. The maximum atomic E-state index is 13.5. The van der Waals surface area contributed by atoms with Crippen molar-refractivity contribution in [1.29, 1.82) is 0 Å². The summed E-state index contributed by atoms with van der Waals surface area (Å²) in [6.07, 6.45) is 2.78. The van der Waals surface area contributed by atoms with Crippen LogP contribution in [0.15, 0.2) is 36.4 Å². The van der Waals surface area contributed by atoms with Crippen molar-refractivity contribution in [3.63, 3.8) is 0 Å². The third kappa shape index (κ3) is 6.59. The van der Waals surface area contributed by atoms with Crippen molar-refractivity contribution in [2.45, 2.75) is 71.5 Å². The largest absolute Gasteiger partial charge is 0.493 e. The molecular formula is C34H42ClN3O6. The van der Waals surface area contributed by atoms with Gasteiger partial charge in [-0.3, -0.25) is 14.2 Å². The average Bonchev–Trinajstić information content (AvgIpc) is 3.25. The van der Waals surface area contributed by atoms with Gasteiger partial charge in [-0.2, -0.15) is 0 Å². The topological polar surface area (TPSA) is 92.1 Å². The predicted octanol–water partition coefficient (Wildman–Crippen LogP) is 6.68. The fourth-order valence-electron chi connectivity index (χ4n) is 6.39. The van der Waals surface area contributed by atoms with E-state index in [4.69, 9.17) is 35.5 Å². The first-order valence-corrected chi connectivity index (χ1v) is 15.8. The lowest BCUT2D eigenvalue weighted by Gasteiger charge is -2.32. The number of para-hydroxylation sites is 1. The summed E-state index contributed by atoms with van der Waals surface area (Å²) in [5, 5.41) is 0.592. The summed E-state index contributed by atoms with van der Waals surface area (Å²) in [6.45, 7) is 7.65. The molecule has 10 heteroatoms. The summed E-state index contributed by atoms with van der Waals surface area (Å²) in [7, 11) is 3.23. The fraction of sp³-hybridized carbons (Fsp3) is 0.500. The van der Waals surface area contributed by atoms with Crippen LogP contribution in [0.25, 0.3) is 5.69 Å². The second-order valence-electron chi connectivity index (χ2n) is 11.5. The van der Waals surface area contributed by atoms with Gasteiger partial charge in [0.25, 0.3) is 0 Å². The highest BCUT2D eigenvalue weighted by atomic mass is 35.5. The van der Waals surface area contributed by atoms with E-state index in [1.54, 1.807) is 14.2 Å². The summed E-state index contributed by atoms with van der Waals surface area (Å²) in [6, 6.07) is 11.5. The van der Waals surface area contributed by atoms with Gasteiger partial charge in [-0.1, -0.05) is 23.7 Å². The first-order chi connectivity index (χ1) is 21.2. The standard InChI is InChI=1S/C34H42ClN3O6/c1-6-43-31(40)15-10-23-16-18-37(19-17-23)30(39)14-13-29-34-36-21(2)22(3)38(34)27-12-11-24(35)20-26(27)32(44-29)25-8-7-9-28(41-4)33(25)42-5/h7-9,11-12,20,23,29,32H,6,10,13-19H2,1-5H3/t29-,32-/m0/s1. The van der Waals surface area contributed by atoms with Crippen LogP contribution in [0.3, 0.4) is 0 Å². The van der Waals surface area contributed by atoms with Crippen molar-refractivity contribution in [2.75, 3.05) is 33.9 Å². The number of esters is 1. The van der Waals surface area contributed by atoms with Crippen molar-refractivity contribution in [3.05, 3.63) is 69.8 Å². The van der Waals surface area contributed by atoms with Gasteiger partial charge < -0.3 is 23.8 Å². The van der Waals surface area contributed by atoms with Gasteiger partial charge in [-0.15, -0.1) is 0 Å². The molecule has 1 fully saturated rings. The summed E-state index contributed by atoms with van der Waals surface area (Å²) in [5.74, 6) is 2.33. The number of likely N-dealkylation sites (tertiary alicyclic amines) is 1. The Kier molecular flexibility index (Phi) is 10.2. The molecule has 3 heterocycles. The van der Waals surface area contributed by atoms with Crippen molar-refractivity contribution in [3.8, 4) is 17.2 Å². The minimum atomic E-state index is -0.551. The third-order valence-corrected chi connectivity index (χ3v) is 9.07. The molecule has 0 aliphatic carbocycles. The van der Waals surface area contributed by atoms with E-state index in [9.17, 15) is 9.59 Å². The van der Waals surface area contributed by atoms with Crippen LogP contribution >= 0.6 is 11.6 Å². The van der Waals surface area contributed by atoms with Gasteiger partial charge >= 0.3 is 5.97 Å². The lowest BCUT2D eigenvalue weighted by Crippen LogP contribution is -2.38. The fourth-order valence-corrected chi connectivity index (χ4v) is 6.57. The van der Waals surface area contributed by atoms with E-state index in [-0.39, 0.29) is 11.9 Å². The second kappa shape index (κ2) is 14.0. The lowest BCUT2D eigenvalue weighted by molar-refractivity contribution is -0.143. The normalized spacial score (nSPS) is 18.3.